The van der Waals surface area contributed by atoms with Crippen LogP contribution < -0.4 is 5.32 Å². The first-order valence-corrected chi connectivity index (χ1v) is 10.7. The smallest absolute Gasteiger partial charge is 0.308 e. The molecule has 0 aliphatic heterocycles. The third-order valence-electron chi connectivity index (χ3n) is 5.12. The first-order chi connectivity index (χ1) is 12.0. The highest BCUT2D eigenvalue weighted by molar-refractivity contribution is 7.56. The SMILES string of the molecule is CCOP(=O)(OCC)[C@@]1(N[C@@H](C)c2cccc3ccccc23)C[C@@H]1C. The van der Waals surface area contributed by atoms with Gasteiger partial charge in [-0.2, -0.15) is 0 Å². The molecule has 0 amide bonds. The normalized spacial score (nSPS) is 24.4. The lowest BCUT2D eigenvalue weighted by atomic mass is 9.99. The molecule has 1 saturated carbocycles. The molecular formula is C20H28NO3P. The lowest BCUT2D eigenvalue weighted by molar-refractivity contribution is 0.199. The lowest BCUT2D eigenvalue weighted by Crippen LogP contribution is -2.36. The second kappa shape index (κ2) is 7.20. The maximum atomic E-state index is 13.4. The molecule has 4 nitrogen and oxygen atoms in total. The van der Waals surface area contributed by atoms with Crippen LogP contribution >= 0.6 is 7.60 Å². The number of rotatable bonds is 8. The van der Waals surface area contributed by atoms with Crippen LogP contribution in [0, 0.1) is 5.92 Å². The fraction of sp³-hybridized carbons (Fsp3) is 0.500. The van der Waals surface area contributed by atoms with Crippen LogP contribution in [0.5, 0.6) is 0 Å². The molecule has 1 N–H and O–H groups in total. The Morgan fingerprint density at radius 3 is 2.36 bits per heavy atom. The summed E-state index contributed by atoms with van der Waals surface area (Å²) < 4.78 is 24.8. The van der Waals surface area contributed by atoms with E-state index in [2.05, 4.69) is 55.6 Å². The van der Waals surface area contributed by atoms with Crippen LogP contribution in [0.2, 0.25) is 0 Å². The summed E-state index contributed by atoms with van der Waals surface area (Å²) in [5.41, 5.74) is 1.20. The molecule has 1 aliphatic rings. The van der Waals surface area contributed by atoms with Gasteiger partial charge in [0.25, 0.3) is 0 Å². The predicted octanol–water partition coefficient (Wildman–Crippen LogP) is 5.49. The van der Waals surface area contributed by atoms with Gasteiger partial charge in [0.15, 0.2) is 0 Å². The van der Waals surface area contributed by atoms with E-state index in [0.717, 1.165) is 6.42 Å². The molecule has 0 saturated heterocycles. The standard InChI is InChI=1S/C20H28NO3P/c1-5-23-25(22,24-6-2)20(14-15(20)3)21-16(4)18-13-9-11-17-10-7-8-12-19(17)18/h7-13,15-16,21H,5-6,14H2,1-4H3/t15-,16-,20-/m0/s1. The summed E-state index contributed by atoms with van der Waals surface area (Å²) in [7, 11) is -3.21. The maximum Gasteiger partial charge on any atom is 0.350 e. The Morgan fingerprint density at radius 2 is 1.76 bits per heavy atom. The highest BCUT2D eigenvalue weighted by Gasteiger charge is 2.66. The molecule has 2 aromatic rings. The van der Waals surface area contributed by atoms with Crippen molar-refractivity contribution in [1.82, 2.24) is 5.32 Å². The second-order valence-electron chi connectivity index (χ2n) is 6.80. The Bertz CT molecular complexity index is 778. The van der Waals surface area contributed by atoms with E-state index >= 15 is 0 Å². The van der Waals surface area contributed by atoms with Crippen LogP contribution in [0.25, 0.3) is 10.8 Å². The van der Waals surface area contributed by atoms with Gasteiger partial charge in [0.2, 0.25) is 0 Å². The zero-order valence-corrected chi connectivity index (χ0v) is 16.4. The average Bonchev–Trinajstić information content (AvgIpc) is 3.26. The second-order valence-corrected chi connectivity index (χ2v) is 9.11. The number of nitrogens with one attached hydrogen (secondary N) is 1. The molecule has 0 radical (unpaired) electrons. The van der Waals surface area contributed by atoms with Gasteiger partial charge in [0.05, 0.1) is 13.2 Å². The molecule has 136 valence electrons. The summed E-state index contributed by atoms with van der Waals surface area (Å²) in [6.07, 6.45) is 0.805. The van der Waals surface area contributed by atoms with Gasteiger partial charge in [0.1, 0.15) is 5.28 Å². The topological polar surface area (TPSA) is 47.6 Å². The predicted molar refractivity (Wildman–Crippen MR) is 103 cm³/mol. The van der Waals surface area contributed by atoms with E-state index < -0.39 is 12.9 Å². The fourth-order valence-electron chi connectivity index (χ4n) is 3.76. The van der Waals surface area contributed by atoms with Gasteiger partial charge >= 0.3 is 7.60 Å². The van der Waals surface area contributed by atoms with E-state index in [9.17, 15) is 4.57 Å². The van der Waals surface area contributed by atoms with Gasteiger partial charge in [0, 0.05) is 6.04 Å². The maximum absolute atomic E-state index is 13.4. The van der Waals surface area contributed by atoms with Crippen molar-refractivity contribution in [2.24, 2.45) is 5.92 Å². The highest BCUT2D eigenvalue weighted by atomic mass is 31.2. The lowest BCUT2D eigenvalue weighted by Gasteiger charge is -2.31. The first kappa shape index (κ1) is 18.6. The molecule has 0 heterocycles. The van der Waals surface area contributed by atoms with Crippen molar-refractivity contribution in [3.05, 3.63) is 48.0 Å². The monoisotopic (exact) mass is 361 g/mol. The molecule has 1 fully saturated rings. The van der Waals surface area contributed by atoms with Crippen LogP contribution in [-0.2, 0) is 13.6 Å². The van der Waals surface area contributed by atoms with E-state index in [1.165, 1.54) is 16.3 Å². The summed E-state index contributed by atoms with van der Waals surface area (Å²) in [5.74, 6) is 0.258. The van der Waals surface area contributed by atoms with Crippen LogP contribution in [0.3, 0.4) is 0 Å². The van der Waals surface area contributed by atoms with Crippen molar-refractivity contribution in [1.29, 1.82) is 0 Å². The van der Waals surface area contributed by atoms with Crippen molar-refractivity contribution >= 4 is 18.4 Å². The molecule has 1 aliphatic carbocycles. The fourth-order valence-corrected chi connectivity index (χ4v) is 6.36. The van der Waals surface area contributed by atoms with Gasteiger partial charge in [-0.1, -0.05) is 49.4 Å². The third-order valence-corrected chi connectivity index (χ3v) is 8.04. The summed E-state index contributed by atoms with van der Waals surface area (Å²) in [5, 5.41) is 5.47. The molecule has 3 rings (SSSR count). The van der Waals surface area contributed by atoms with Crippen LogP contribution in [0.1, 0.15) is 45.7 Å². The van der Waals surface area contributed by atoms with Gasteiger partial charge < -0.3 is 9.05 Å². The number of hydrogen-bond acceptors (Lipinski definition) is 4. The Balaban J connectivity index is 1.92. The molecule has 0 aromatic heterocycles. The van der Waals surface area contributed by atoms with E-state index in [1.54, 1.807) is 0 Å². The number of fused-ring (bicyclic) bond motifs is 1. The van der Waals surface area contributed by atoms with Gasteiger partial charge in [-0.15, -0.1) is 0 Å². The molecule has 3 atom stereocenters. The summed E-state index contributed by atoms with van der Waals surface area (Å²) in [4.78, 5) is 0. The van der Waals surface area contributed by atoms with Crippen LogP contribution in [-0.4, -0.2) is 18.5 Å². The average molecular weight is 361 g/mol. The zero-order chi connectivity index (χ0) is 18.1. The minimum atomic E-state index is -3.21. The van der Waals surface area contributed by atoms with E-state index in [0.29, 0.717) is 13.2 Å². The first-order valence-electron chi connectivity index (χ1n) is 9.12. The molecular weight excluding hydrogens is 333 g/mol. The van der Waals surface area contributed by atoms with E-state index in [1.807, 2.05) is 19.9 Å². The number of hydrogen-bond donors (Lipinski definition) is 1. The van der Waals surface area contributed by atoms with Gasteiger partial charge in [-0.25, -0.2) is 0 Å². The van der Waals surface area contributed by atoms with E-state index in [4.69, 9.17) is 9.05 Å². The van der Waals surface area contributed by atoms with E-state index in [-0.39, 0.29) is 12.0 Å². The van der Waals surface area contributed by atoms with Crippen molar-refractivity contribution in [3.8, 4) is 0 Å². The highest BCUT2D eigenvalue weighted by Crippen LogP contribution is 2.72. The van der Waals surface area contributed by atoms with Crippen molar-refractivity contribution in [2.45, 2.75) is 45.4 Å². The van der Waals surface area contributed by atoms with Crippen LogP contribution in [0.4, 0.5) is 0 Å². The quantitative estimate of drug-likeness (QED) is 0.631. The number of benzene rings is 2. The minimum absolute atomic E-state index is 0.0466. The van der Waals surface area contributed by atoms with Crippen molar-refractivity contribution in [3.63, 3.8) is 0 Å². The summed E-state index contributed by atoms with van der Waals surface area (Å²) in [6.45, 7) is 8.72. The Kier molecular flexibility index (Phi) is 5.36. The summed E-state index contributed by atoms with van der Waals surface area (Å²) in [6, 6.07) is 14.7. The van der Waals surface area contributed by atoms with Crippen molar-refractivity contribution in [2.75, 3.05) is 13.2 Å². The molecule has 25 heavy (non-hydrogen) atoms. The molecule has 0 unspecified atom stereocenters. The molecule has 2 aromatic carbocycles. The van der Waals surface area contributed by atoms with Gasteiger partial charge in [-0.3, -0.25) is 9.88 Å². The molecule has 5 heteroatoms. The van der Waals surface area contributed by atoms with Crippen molar-refractivity contribution < 1.29 is 13.6 Å². The van der Waals surface area contributed by atoms with Gasteiger partial charge in [-0.05, 0) is 49.4 Å². The molecule has 0 bridgehead atoms. The largest absolute Gasteiger partial charge is 0.350 e. The zero-order valence-electron chi connectivity index (χ0n) is 15.5. The minimum Gasteiger partial charge on any atom is -0.308 e. The van der Waals surface area contributed by atoms with Crippen LogP contribution in [0.15, 0.2) is 42.5 Å². The summed E-state index contributed by atoms with van der Waals surface area (Å²) >= 11 is 0. The Morgan fingerprint density at radius 1 is 1.16 bits per heavy atom. The molecule has 0 spiro atoms. The Hall–Kier alpha value is -1.19. The third kappa shape index (κ3) is 3.29. The Labute approximate surface area is 150 Å².